The van der Waals surface area contributed by atoms with Gasteiger partial charge in [0.1, 0.15) is 10.8 Å². The third kappa shape index (κ3) is 2.58. The molecule has 0 N–H and O–H groups in total. The van der Waals surface area contributed by atoms with Crippen LogP contribution in [0.25, 0.3) is 15.5 Å². The molecule has 0 bridgehead atoms. The van der Waals surface area contributed by atoms with Crippen LogP contribution in [0.3, 0.4) is 0 Å². The molecule has 0 unspecified atom stereocenters. The SMILES string of the molecule is Cc1noc(C)c1Cc1nnc2sc(-c3cc(F)c(F)c(F)c3)nn12. The van der Waals surface area contributed by atoms with Crippen LogP contribution in [-0.4, -0.2) is 25.0 Å². The molecule has 0 aliphatic carbocycles. The van der Waals surface area contributed by atoms with Crippen LogP contribution in [0.5, 0.6) is 0 Å². The van der Waals surface area contributed by atoms with Crippen molar-refractivity contribution in [3.63, 3.8) is 0 Å². The predicted molar refractivity (Wildman–Crippen MR) is 82.8 cm³/mol. The van der Waals surface area contributed by atoms with E-state index in [1.165, 1.54) is 4.52 Å². The Kier molecular flexibility index (Phi) is 3.57. The summed E-state index contributed by atoms with van der Waals surface area (Å²) < 4.78 is 46.6. The van der Waals surface area contributed by atoms with Crippen LogP contribution in [0.15, 0.2) is 16.7 Å². The van der Waals surface area contributed by atoms with Gasteiger partial charge in [-0.2, -0.15) is 9.61 Å². The van der Waals surface area contributed by atoms with Gasteiger partial charge in [-0.3, -0.25) is 0 Å². The summed E-state index contributed by atoms with van der Waals surface area (Å²) >= 11 is 1.10. The number of aromatic nitrogens is 5. The lowest BCUT2D eigenvalue weighted by Gasteiger charge is -1.99. The topological polar surface area (TPSA) is 69.1 Å². The first-order chi connectivity index (χ1) is 11.9. The molecule has 0 atom stereocenters. The molecule has 3 aromatic heterocycles. The Balaban J connectivity index is 1.76. The van der Waals surface area contributed by atoms with Crippen LogP contribution in [0, 0.1) is 31.3 Å². The van der Waals surface area contributed by atoms with Crippen LogP contribution in [0.1, 0.15) is 22.8 Å². The van der Waals surface area contributed by atoms with Crippen LogP contribution in [-0.2, 0) is 6.42 Å². The lowest BCUT2D eigenvalue weighted by atomic mass is 10.1. The molecule has 4 rings (SSSR count). The molecule has 3 heterocycles. The summed E-state index contributed by atoms with van der Waals surface area (Å²) in [5, 5.41) is 16.6. The van der Waals surface area contributed by atoms with E-state index in [-0.39, 0.29) is 5.56 Å². The fourth-order valence-corrected chi connectivity index (χ4v) is 3.32. The fourth-order valence-electron chi connectivity index (χ4n) is 2.48. The number of hydrogen-bond acceptors (Lipinski definition) is 6. The Labute approximate surface area is 142 Å². The van der Waals surface area contributed by atoms with Crippen molar-refractivity contribution in [1.29, 1.82) is 0 Å². The van der Waals surface area contributed by atoms with Crippen molar-refractivity contribution in [2.45, 2.75) is 20.3 Å². The molecule has 0 aliphatic rings. The lowest BCUT2D eigenvalue weighted by molar-refractivity contribution is 0.392. The Bertz CT molecular complexity index is 1060. The Morgan fingerprint density at radius 3 is 2.48 bits per heavy atom. The van der Waals surface area contributed by atoms with Crippen LogP contribution >= 0.6 is 11.3 Å². The van der Waals surface area contributed by atoms with E-state index >= 15 is 0 Å². The predicted octanol–water partition coefficient (Wildman–Crippen LogP) is 3.47. The molecule has 0 saturated carbocycles. The molecule has 6 nitrogen and oxygen atoms in total. The average molecular weight is 365 g/mol. The maximum atomic E-state index is 13.4. The summed E-state index contributed by atoms with van der Waals surface area (Å²) in [6.07, 6.45) is 0.400. The molecule has 4 aromatic rings. The van der Waals surface area contributed by atoms with E-state index in [0.29, 0.717) is 28.0 Å². The van der Waals surface area contributed by atoms with Crippen molar-refractivity contribution in [3.05, 3.63) is 52.4 Å². The summed E-state index contributed by atoms with van der Waals surface area (Å²) in [5.74, 6) is -2.83. The van der Waals surface area contributed by atoms with Crippen LogP contribution < -0.4 is 0 Å². The third-order valence-corrected chi connectivity index (χ3v) is 4.75. The maximum Gasteiger partial charge on any atom is 0.234 e. The van der Waals surface area contributed by atoms with Crippen molar-refractivity contribution >= 4 is 16.3 Å². The van der Waals surface area contributed by atoms with Gasteiger partial charge in [0.15, 0.2) is 23.3 Å². The van der Waals surface area contributed by atoms with Gasteiger partial charge in [0.05, 0.1) is 5.69 Å². The van der Waals surface area contributed by atoms with E-state index in [2.05, 4.69) is 20.5 Å². The molecule has 1 aromatic carbocycles. The summed E-state index contributed by atoms with van der Waals surface area (Å²) in [5.41, 5.74) is 1.75. The van der Waals surface area contributed by atoms with E-state index in [0.717, 1.165) is 34.7 Å². The summed E-state index contributed by atoms with van der Waals surface area (Å²) in [6.45, 7) is 3.62. The molecule has 0 radical (unpaired) electrons. The second-order valence-corrected chi connectivity index (χ2v) is 6.41. The minimum Gasteiger partial charge on any atom is -0.361 e. The van der Waals surface area contributed by atoms with Gasteiger partial charge in [-0.15, -0.1) is 10.2 Å². The zero-order valence-corrected chi connectivity index (χ0v) is 13.9. The van der Waals surface area contributed by atoms with Gasteiger partial charge in [0.2, 0.25) is 4.96 Å². The standard InChI is InChI=1S/C15H10F3N5OS/c1-6-9(7(2)24-22-6)5-12-19-20-15-23(12)21-14(25-15)8-3-10(16)13(18)11(17)4-8/h3-4H,5H2,1-2H3. The molecule has 0 aliphatic heterocycles. The minimum absolute atomic E-state index is 0.134. The average Bonchev–Trinajstić information content (AvgIpc) is 3.23. The van der Waals surface area contributed by atoms with Gasteiger partial charge < -0.3 is 4.52 Å². The van der Waals surface area contributed by atoms with Gasteiger partial charge in [-0.1, -0.05) is 16.5 Å². The Morgan fingerprint density at radius 2 is 1.84 bits per heavy atom. The molecule has 0 amide bonds. The van der Waals surface area contributed by atoms with Gasteiger partial charge >= 0.3 is 0 Å². The molecule has 10 heteroatoms. The van der Waals surface area contributed by atoms with E-state index in [4.69, 9.17) is 4.52 Å². The second-order valence-electron chi connectivity index (χ2n) is 5.45. The Morgan fingerprint density at radius 1 is 1.12 bits per heavy atom. The molecule has 0 saturated heterocycles. The minimum atomic E-state index is -1.51. The maximum absolute atomic E-state index is 13.4. The monoisotopic (exact) mass is 365 g/mol. The first-order valence-corrected chi connectivity index (χ1v) is 8.03. The molecular formula is C15H10F3N5OS. The summed E-state index contributed by atoms with van der Waals surface area (Å²) in [4.78, 5) is 0.460. The number of fused-ring (bicyclic) bond motifs is 1. The molecular weight excluding hydrogens is 355 g/mol. The van der Waals surface area contributed by atoms with Gasteiger partial charge in [-0.05, 0) is 26.0 Å². The highest BCUT2D eigenvalue weighted by Crippen LogP contribution is 2.28. The summed E-state index contributed by atoms with van der Waals surface area (Å²) in [7, 11) is 0. The summed E-state index contributed by atoms with van der Waals surface area (Å²) in [6, 6.07) is 1.80. The van der Waals surface area contributed by atoms with E-state index in [9.17, 15) is 13.2 Å². The molecule has 25 heavy (non-hydrogen) atoms. The van der Waals surface area contributed by atoms with Crippen molar-refractivity contribution < 1.29 is 17.7 Å². The molecule has 0 spiro atoms. The quantitative estimate of drug-likeness (QED) is 0.520. The normalized spacial score (nSPS) is 11.6. The van der Waals surface area contributed by atoms with Crippen LogP contribution in [0.2, 0.25) is 0 Å². The molecule has 0 fully saturated rings. The number of halogens is 3. The molecule has 128 valence electrons. The first kappa shape index (κ1) is 15.8. The van der Waals surface area contributed by atoms with Gasteiger partial charge in [-0.25, -0.2) is 13.2 Å². The van der Waals surface area contributed by atoms with Crippen molar-refractivity contribution in [2.75, 3.05) is 0 Å². The number of benzene rings is 1. The van der Waals surface area contributed by atoms with Crippen LogP contribution in [0.4, 0.5) is 13.2 Å². The zero-order chi connectivity index (χ0) is 17.7. The second kappa shape index (κ2) is 5.66. The van der Waals surface area contributed by atoms with E-state index in [1.54, 1.807) is 6.92 Å². The largest absolute Gasteiger partial charge is 0.361 e. The number of hydrogen-bond donors (Lipinski definition) is 0. The highest BCUT2D eigenvalue weighted by molar-refractivity contribution is 7.19. The number of aryl methyl sites for hydroxylation is 2. The number of rotatable bonds is 3. The van der Waals surface area contributed by atoms with Crippen molar-refractivity contribution in [3.8, 4) is 10.6 Å². The van der Waals surface area contributed by atoms with Gasteiger partial charge in [0.25, 0.3) is 0 Å². The third-order valence-electron chi connectivity index (χ3n) is 3.80. The smallest absolute Gasteiger partial charge is 0.234 e. The van der Waals surface area contributed by atoms with Gasteiger partial charge in [0, 0.05) is 17.5 Å². The Hall–Kier alpha value is -2.75. The van der Waals surface area contributed by atoms with E-state index < -0.39 is 17.5 Å². The number of nitrogens with zero attached hydrogens (tertiary/aromatic N) is 5. The zero-order valence-electron chi connectivity index (χ0n) is 13.0. The lowest BCUT2D eigenvalue weighted by Crippen LogP contribution is -1.99. The van der Waals surface area contributed by atoms with Crippen molar-refractivity contribution in [1.82, 2.24) is 25.0 Å². The fraction of sp³-hybridized carbons (Fsp3) is 0.200. The highest BCUT2D eigenvalue weighted by atomic mass is 32.1. The first-order valence-electron chi connectivity index (χ1n) is 7.22. The highest BCUT2D eigenvalue weighted by Gasteiger charge is 2.19. The van der Waals surface area contributed by atoms with Crippen molar-refractivity contribution in [2.24, 2.45) is 0 Å². The van der Waals surface area contributed by atoms with E-state index in [1.807, 2.05) is 6.92 Å².